The van der Waals surface area contributed by atoms with Gasteiger partial charge in [0.25, 0.3) is 5.69 Å². The van der Waals surface area contributed by atoms with Gasteiger partial charge in [-0.3, -0.25) is 14.9 Å². The van der Waals surface area contributed by atoms with Crippen molar-refractivity contribution in [2.24, 2.45) is 0 Å². The smallest absolute Gasteiger partial charge is 0.270 e. The summed E-state index contributed by atoms with van der Waals surface area (Å²) in [7, 11) is 0. The first-order valence-electron chi connectivity index (χ1n) is 7.85. The Labute approximate surface area is 143 Å². The summed E-state index contributed by atoms with van der Waals surface area (Å²) in [6, 6.07) is 23.3. The molecule has 0 unspecified atom stereocenters. The van der Waals surface area contributed by atoms with Crippen molar-refractivity contribution in [3.05, 3.63) is 100 Å². The molecule has 0 saturated carbocycles. The number of benzene rings is 4. The third-order valence-corrected chi connectivity index (χ3v) is 4.33. The van der Waals surface area contributed by atoms with Crippen LogP contribution in [0, 0.1) is 10.1 Å². The molecular formula is C21H13NO3. The Morgan fingerprint density at radius 3 is 2.20 bits per heavy atom. The molecule has 4 aromatic carbocycles. The molecule has 0 aliphatic heterocycles. The maximum absolute atomic E-state index is 13.1. The molecule has 0 aromatic heterocycles. The van der Waals surface area contributed by atoms with Crippen molar-refractivity contribution in [1.29, 1.82) is 0 Å². The number of nitrogens with zero attached hydrogens (tertiary/aromatic N) is 1. The van der Waals surface area contributed by atoms with Gasteiger partial charge in [0.1, 0.15) is 0 Å². The zero-order valence-corrected chi connectivity index (χ0v) is 13.2. The first-order chi connectivity index (χ1) is 12.1. The van der Waals surface area contributed by atoms with Crippen molar-refractivity contribution in [3.8, 4) is 0 Å². The second kappa shape index (κ2) is 5.83. The highest BCUT2D eigenvalue weighted by Gasteiger charge is 2.17. The Hall–Kier alpha value is -3.53. The Morgan fingerprint density at radius 1 is 0.760 bits per heavy atom. The van der Waals surface area contributed by atoms with Crippen LogP contribution >= 0.6 is 0 Å². The van der Waals surface area contributed by atoms with Gasteiger partial charge in [-0.25, -0.2) is 0 Å². The number of nitro groups is 1. The monoisotopic (exact) mass is 327 g/mol. The normalized spacial score (nSPS) is 10.9. The van der Waals surface area contributed by atoms with Gasteiger partial charge in [0.2, 0.25) is 0 Å². The summed E-state index contributed by atoms with van der Waals surface area (Å²) in [4.78, 5) is 23.6. The van der Waals surface area contributed by atoms with E-state index in [-0.39, 0.29) is 11.5 Å². The van der Waals surface area contributed by atoms with Crippen molar-refractivity contribution in [2.45, 2.75) is 0 Å². The summed E-state index contributed by atoms with van der Waals surface area (Å²) in [5.41, 5.74) is 0.778. The van der Waals surface area contributed by atoms with Gasteiger partial charge in [-0.15, -0.1) is 0 Å². The van der Waals surface area contributed by atoms with Crippen LogP contribution in [0.3, 0.4) is 0 Å². The highest BCUT2D eigenvalue weighted by atomic mass is 16.6. The quantitative estimate of drug-likeness (QED) is 0.227. The molecule has 25 heavy (non-hydrogen) atoms. The topological polar surface area (TPSA) is 60.2 Å². The van der Waals surface area contributed by atoms with Gasteiger partial charge in [0, 0.05) is 23.3 Å². The highest BCUT2D eigenvalue weighted by Crippen LogP contribution is 2.30. The van der Waals surface area contributed by atoms with Crippen LogP contribution in [-0.2, 0) is 0 Å². The molecule has 0 atom stereocenters. The van der Waals surface area contributed by atoms with Crippen LogP contribution in [0.2, 0.25) is 0 Å². The number of ketones is 1. The van der Waals surface area contributed by atoms with E-state index in [2.05, 4.69) is 0 Å². The number of carbonyl (C=O) groups excluding carboxylic acids is 1. The molecule has 0 heterocycles. The zero-order valence-electron chi connectivity index (χ0n) is 13.2. The first kappa shape index (κ1) is 15.0. The SMILES string of the molecule is O=C(c1cccc([N+](=O)[O-])c1)c1cc2ccccc2c2ccccc12. The maximum Gasteiger partial charge on any atom is 0.270 e. The fourth-order valence-electron chi connectivity index (χ4n) is 3.16. The molecule has 0 aliphatic rings. The highest BCUT2D eigenvalue weighted by molar-refractivity contribution is 6.22. The van der Waals surface area contributed by atoms with Gasteiger partial charge >= 0.3 is 0 Å². The van der Waals surface area contributed by atoms with E-state index in [9.17, 15) is 14.9 Å². The van der Waals surface area contributed by atoms with E-state index >= 15 is 0 Å². The van der Waals surface area contributed by atoms with E-state index in [0.29, 0.717) is 11.1 Å². The summed E-state index contributed by atoms with van der Waals surface area (Å²) in [6.45, 7) is 0. The molecule has 120 valence electrons. The van der Waals surface area contributed by atoms with Gasteiger partial charge in [-0.05, 0) is 27.6 Å². The first-order valence-corrected chi connectivity index (χ1v) is 7.85. The van der Waals surface area contributed by atoms with Crippen molar-refractivity contribution in [3.63, 3.8) is 0 Å². The standard InChI is InChI=1S/C21H13NO3/c23-21(15-7-5-8-16(12-15)22(24)25)20-13-14-6-1-2-9-17(14)18-10-3-4-11-19(18)20/h1-13H. The summed E-state index contributed by atoms with van der Waals surface area (Å²) < 4.78 is 0. The molecule has 0 bridgehead atoms. The lowest BCUT2D eigenvalue weighted by molar-refractivity contribution is -0.384. The number of rotatable bonds is 3. The van der Waals surface area contributed by atoms with E-state index < -0.39 is 4.92 Å². The Balaban J connectivity index is 1.98. The fraction of sp³-hybridized carbons (Fsp3) is 0. The third kappa shape index (κ3) is 2.54. The number of nitro benzene ring substituents is 1. The van der Waals surface area contributed by atoms with Crippen molar-refractivity contribution >= 4 is 33.0 Å². The predicted octanol–water partition coefficient (Wildman–Crippen LogP) is 5.13. The minimum absolute atomic E-state index is 0.0871. The molecule has 4 nitrogen and oxygen atoms in total. The van der Waals surface area contributed by atoms with Crippen LogP contribution in [0.4, 0.5) is 5.69 Å². The molecule has 0 N–H and O–H groups in total. The lowest BCUT2D eigenvalue weighted by atomic mass is 9.93. The summed E-state index contributed by atoms with van der Waals surface area (Å²) >= 11 is 0. The largest absolute Gasteiger partial charge is 0.289 e. The molecule has 0 spiro atoms. The third-order valence-electron chi connectivity index (χ3n) is 4.33. The van der Waals surface area contributed by atoms with Gasteiger partial charge in [-0.2, -0.15) is 0 Å². The second-order valence-electron chi connectivity index (χ2n) is 5.83. The Bertz CT molecular complexity index is 1150. The predicted molar refractivity (Wildman–Crippen MR) is 98.0 cm³/mol. The fourth-order valence-corrected chi connectivity index (χ4v) is 3.16. The minimum Gasteiger partial charge on any atom is -0.289 e. The van der Waals surface area contributed by atoms with Gasteiger partial charge in [-0.1, -0.05) is 60.7 Å². The van der Waals surface area contributed by atoms with Crippen LogP contribution in [0.15, 0.2) is 78.9 Å². The summed E-state index contributed by atoms with van der Waals surface area (Å²) in [6.07, 6.45) is 0. The van der Waals surface area contributed by atoms with E-state index in [1.807, 2.05) is 54.6 Å². The zero-order chi connectivity index (χ0) is 17.4. The van der Waals surface area contributed by atoms with Crippen molar-refractivity contribution in [2.75, 3.05) is 0 Å². The minimum atomic E-state index is -0.491. The van der Waals surface area contributed by atoms with E-state index in [1.165, 1.54) is 18.2 Å². The lowest BCUT2D eigenvalue weighted by Gasteiger charge is -2.10. The van der Waals surface area contributed by atoms with E-state index in [0.717, 1.165) is 21.5 Å². The molecule has 0 saturated heterocycles. The average molecular weight is 327 g/mol. The Kier molecular flexibility index (Phi) is 3.51. The number of non-ortho nitro benzene ring substituents is 1. The molecule has 4 heteroatoms. The van der Waals surface area contributed by atoms with E-state index in [4.69, 9.17) is 0 Å². The number of hydrogen-bond acceptors (Lipinski definition) is 3. The molecule has 4 aromatic rings. The second-order valence-corrected chi connectivity index (χ2v) is 5.83. The van der Waals surface area contributed by atoms with Crippen molar-refractivity contribution in [1.82, 2.24) is 0 Å². The maximum atomic E-state index is 13.1. The van der Waals surface area contributed by atoms with Crippen LogP contribution in [0.1, 0.15) is 15.9 Å². The number of hydrogen-bond donors (Lipinski definition) is 0. The molecule has 0 amide bonds. The average Bonchev–Trinajstić information content (AvgIpc) is 2.67. The molecule has 0 aliphatic carbocycles. The van der Waals surface area contributed by atoms with Gasteiger partial charge < -0.3 is 0 Å². The molecule has 0 radical (unpaired) electrons. The van der Waals surface area contributed by atoms with Crippen molar-refractivity contribution < 1.29 is 9.72 Å². The van der Waals surface area contributed by atoms with Crippen LogP contribution in [0.25, 0.3) is 21.5 Å². The molecule has 4 rings (SSSR count). The van der Waals surface area contributed by atoms with Gasteiger partial charge in [0.05, 0.1) is 4.92 Å². The van der Waals surface area contributed by atoms with Crippen LogP contribution in [-0.4, -0.2) is 10.7 Å². The number of carbonyl (C=O) groups is 1. The molecular weight excluding hydrogens is 314 g/mol. The Morgan fingerprint density at radius 2 is 1.44 bits per heavy atom. The number of fused-ring (bicyclic) bond motifs is 3. The van der Waals surface area contributed by atoms with E-state index in [1.54, 1.807) is 6.07 Å². The lowest BCUT2D eigenvalue weighted by Crippen LogP contribution is -2.03. The van der Waals surface area contributed by atoms with Crippen LogP contribution < -0.4 is 0 Å². The summed E-state index contributed by atoms with van der Waals surface area (Å²) in [5.74, 6) is -0.217. The van der Waals surface area contributed by atoms with Gasteiger partial charge in [0.15, 0.2) is 5.78 Å². The molecule has 0 fully saturated rings. The summed E-state index contributed by atoms with van der Waals surface area (Å²) in [5, 5.41) is 14.9. The van der Waals surface area contributed by atoms with Crippen LogP contribution in [0.5, 0.6) is 0 Å².